The van der Waals surface area contributed by atoms with Crippen LogP contribution in [0.1, 0.15) is 26.3 Å². The van der Waals surface area contributed by atoms with Crippen LogP contribution in [0.5, 0.6) is 0 Å². The maximum Gasteiger partial charge on any atom is 0.263 e. The van der Waals surface area contributed by atoms with Gasteiger partial charge in [0.1, 0.15) is 5.82 Å². The van der Waals surface area contributed by atoms with Crippen molar-refractivity contribution in [1.29, 1.82) is 0 Å². The van der Waals surface area contributed by atoms with Gasteiger partial charge < -0.3 is 10.2 Å². The molecule has 0 fully saturated rings. The molecular formula is C18H27N5O2S. The number of nitrogens with one attached hydrogen (secondary N) is 2. The van der Waals surface area contributed by atoms with Gasteiger partial charge in [-0.2, -0.15) is 0 Å². The Hall–Kier alpha value is -2.19. The first-order valence-corrected chi connectivity index (χ1v) is 9.92. The number of aromatic nitrogens is 2. The Morgan fingerprint density at radius 1 is 0.962 bits per heavy atom. The molecule has 26 heavy (non-hydrogen) atoms. The van der Waals surface area contributed by atoms with Crippen molar-refractivity contribution in [2.45, 2.75) is 31.1 Å². The van der Waals surface area contributed by atoms with Gasteiger partial charge in [-0.3, -0.25) is 4.72 Å². The molecule has 0 aliphatic rings. The number of sulfonamides is 1. The number of hydrogen-bond donors (Lipinski definition) is 2. The molecule has 0 unspecified atom stereocenters. The minimum Gasteiger partial charge on any atom is -0.367 e. The minimum absolute atomic E-state index is 0.0311. The van der Waals surface area contributed by atoms with E-state index >= 15 is 0 Å². The summed E-state index contributed by atoms with van der Waals surface area (Å²) in [6, 6.07) is 10.2. The van der Waals surface area contributed by atoms with E-state index in [0.29, 0.717) is 5.82 Å². The maximum atomic E-state index is 12.5. The first kappa shape index (κ1) is 20.1. The Bertz CT molecular complexity index is 810. The molecule has 0 bridgehead atoms. The van der Waals surface area contributed by atoms with Crippen LogP contribution in [0.2, 0.25) is 0 Å². The third kappa shape index (κ3) is 5.67. The molecule has 0 saturated carbocycles. The smallest absolute Gasteiger partial charge is 0.263 e. The maximum absolute atomic E-state index is 12.5. The van der Waals surface area contributed by atoms with Crippen LogP contribution in [0.25, 0.3) is 0 Å². The van der Waals surface area contributed by atoms with Crippen molar-refractivity contribution >= 4 is 21.7 Å². The van der Waals surface area contributed by atoms with Crippen LogP contribution in [-0.4, -0.2) is 50.7 Å². The Morgan fingerprint density at radius 3 is 2.04 bits per heavy atom. The van der Waals surface area contributed by atoms with Crippen LogP contribution in [-0.2, 0) is 15.4 Å². The first-order valence-electron chi connectivity index (χ1n) is 8.44. The van der Waals surface area contributed by atoms with Crippen molar-refractivity contribution in [3.8, 4) is 0 Å². The Kier molecular flexibility index (Phi) is 6.20. The summed E-state index contributed by atoms with van der Waals surface area (Å²) < 4.78 is 27.4. The van der Waals surface area contributed by atoms with Crippen LogP contribution in [0, 0.1) is 0 Å². The summed E-state index contributed by atoms with van der Waals surface area (Å²) in [5, 5.41) is 11.0. The molecule has 2 N–H and O–H groups in total. The van der Waals surface area contributed by atoms with Gasteiger partial charge >= 0.3 is 0 Å². The standard InChI is InChI=1S/C18H27N5O2S/c1-18(2,3)14-6-8-15(9-7-14)26(24,25)22-17-11-10-16(20-21-17)19-12-13-23(4)5/h6-11H,12-13H2,1-5H3,(H,19,20)(H,21,22). The highest BCUT2D eigenvalue weighted by molar-refractivity contribution is 7.92. The van der Waals surface area contributed by atoms with Gasteiger partial charge in [0, 0.05) is 13.1 Å². The molecule has 2 aromatic rings. The van der Waals surface area contributed by atoms with E-state index < -0.39 is 10.0 Å². The highest BCUT2D eigenvalue weighted by Crippen LogP contribution is 2.24. The lowest BCUT2D eigenvalue weighted by atomic mass is 9.87. The molecule has 0 spiro atoms. The summed E-state index contributed by atoms with van der Waals surface area (Å²) in [6.45, 7) is 7.84. The average molecular weight is 378 g/mol. The Morgan fingerprint density at radius 2 is 1.54 bits per heavy atom. The number of rotatable bonds is 7. The molecule has 7 nitrogen and oxygen atoms in total. The molecule has 1 aromatic heterocycles. The molecule has 0 radical (unpaired) electrons. The fraction of sp³-hybridized carbons (Fsp3) is 0.444. The Balaban J connectivity index is 2.04. The van der Waals surface area contributed by atoms with Crippen molar-refractivity contribution in [3.05, 3.63) is 42.0 Å². The van der Waals surface area contributed by atoms with E-state index in [4.69, 9.17) is 0 Å². The minimum atomic E-state index is -3.70. The van der Waals surface area contributed by atoms with Crippen LogP contribution < -0.4 is 10.0 Å². The summed E-state index contributed by atoms with van der Waals surface area (Å²) in [7, 11) is 0.275. The van der Waals surface area contributed by atoms with Crippen LogP contribution in [0.15, 0.2) is 41.3 Å². The van der Waals surface area contributed by atoms with Gasteiger partial charge in [-0.1, -0.05) is 32.9 Å². The van der Waals surface area contributed by atoms with Gasteiger partial charge in [0.25, 0.3) is 10.0 Å². The number of benzene rings is 1. The topological polar surface area (TPSA) is 87.2 Å². The first-order chi connectivity index (χ1) is 12.1. The summed E-state index contributed by atoms with van der Waals surface area (Å²) in [5.74, 6) is 0.785. The summed E-state index contributed by atoms with van der Waals surface area (Å²) in [5.41, 5.74) is 1.04. The molecule has 0 aliphatic carbocycles. The van der Waals surface area contributed by atoms with Crippen LogP contribution in [0.3, 0.4) is 0 Å². The Labute approximate surface area is 155 Å². The molecule has 0 atom stereocenters. The molecule has 0 amide bonds. The lowest BCUT2D eigenvalue weighted by Gasteiger charge is -2.19. The second-order valence-electron chi connectivity index (χ2n) is 7.41. The van der Waals surface area contributed by atoms with E-state index in [1.165, 1.54) is 0 Å². The molecule has 0 saturated heterocycles. The van der Waals surface area contributed by atoms with Gasteiger partial charge in [-0.05, 0) is 49.3 Å². The number of hydrogen-bond acceptors (Lipinski definition) is 6. The van der Waals surface area contributed by atoms with Gasteiger partial charge in [0.2, 0.25) is 0 Å². The zero-order valence-electron chi connectivity index (χ0n) is 15.9. The molecule has 8 heteroatoms. The largest absolute Gasteiger partial charge is 0.367 e. The van der Waals surface area contributed by atoms with Crippen molar-refractivity contribution in [3.63, 3.8) is 0 Å². The zero-order chi connectivity index (χ0) is 19.4. The van der Waals surface area contributed by atoms with E-state index in [1.54, 1.807) is 24.3 Å². The predicted octanol–water partition coefficient (Wildman–Crippen LogP) is 2.55. The van der Waals surface area contributed by atoms with Crippen LogP contribution >= 0.6 is 0 Å². The number of likely N-dealkylation sites (N-methyl/N-ethyl adjacent to an activating group) is 1. The lowest BCUT2D eigenvalue weighted by molar-refractivity contribution is 0.425. The van der Waals surface area contributed by atoms with Crippen molar-refractivity contribution in [2.24, 2.45) is 0 Å². The molecular weight excluding hydrogens is 350 g/mol. The second kappa shape index (κ2) is 8.01. The lowest BCUT2D eigenvalue weighted by Crippen LogP contribution is -2.21. The van der Waals surface area contributed by atoms with E-state index in [0.717, 1.165) is 18.7 Å². The van der Waals surface area contributed by atoms with E-state index in [2.05, 4.69) is 41.0 Å². The molecule has 2 rings (SSSR count). The fourth-order valence-electron chi connectivity index (χ4n) is 2.22. The number of anilines is 2. The summed E-state index contributed by atoms with van der Waals surface area (Å²) in [4.78, 5) is 2.24. The highest BCUT2D eigenvalue weighted by Gasteiger charge is 2.18. The molecule has 0 aliphatic heterocycles. The monoisotopic (exact) mass is 377 g/mol. The zero-order valence-corrected chi connectivity index (χ0v) is 16.8. The molecule has 1 heterocycles. The van der Waals surface area contributed by atoms with Crippen molar-refractivity contribution in [1.82, 2.24) is 15.1 Å². The third-order valence-electron chi connectivity index (χ3n) is 3.80. The SMILES string of the molecule is CN(C)CCNc1ccc(NS(=O)(=O)c2ccc(C(C)(C)C)cc2)nn1. The quantitative estimate of drug-likeness (QED) is 0.771. The predicted molar refractivity (Wildman–Crippen MR) is 105 cm³/mol. The summed E-state index contributed by atoms with van der Waals surface area (Å²) >= 11 is 0. The molecule has 1 aromatic carbocycles. The second-order valence-corrected chi connectivity index (χ2v) is 9.10. The van der Waals surface area contributed by atoms with Gasteiger partial charge in [0.05, 0.1) is 4.90 Å². The van der Waals surface area contributed by atoms with Crippen molar-refractivity contribution < 1.29 is 8.42 Å². The summed E-state index contributed by atoms with van der Waals surface area (Å²) in [6.07, 6.45) is 0. The fourth-order valence-corrected chi connectivity index (χ4v) is 3.22. The third-order valence-corrected chi connectivity index (χ3v) is 5.17. The number of nitrogens with zero attached hydrogens (tertiary/aromatic N) is 3. The van der Waals surface area contributed by atoms with E-state index in [-0.39, 0.29) is 16.1 Å². The van der Waals surface area contributed by atoms with Gasteiger partial charge in [0.15, 0.2) is 5.82 Å². The van der Waals surface area contributed by atoms with Gasteiger partial charge in [-0.15, -0.1) is 10.2 Å². The van der Waals surface area contributed by atoms with E-state index in [1.807, 2.05) is 31.1 Å². The molecule has 142 valence electrons. The van der Waals surface area contributed by atoms with E-state index in [9.17, 15) is 8.42 Å². The van der Waals surface area contributed by atoms with Crippen molar-refractivity contribution in [2.75, 3.05) is 37.2 Å². The normalized spacial score (nSPS) is 12.2. The van der Waals surface area contributed by atoms with Crippen LogP contribution in [0.4, 0.5) is 11.6 Å². The average Bonchev–Trinajstić information content (AvgIpc) is 2.55. The highest BCUT2D eigenvalue weighted by atomic mass is 32.2. The van der Waals surface area contributed by atoms with Gasteiger partial charge in [-0.25, -0.2) is 8.42 Å².